The predicted molar refractivity (Wildman–Crippen MR) is 366 cm³/mol. The average Bonchev–Trinajstić information content (AvgIpc) is 0.862. The number of aliphatic hydroxyl groups excluding tert-OH is 9. The Morgan fingerprint density at radius 2 is 0.707 bits per heavy atom. The molecule has 0 aliphatic carbocycles. The quantitative estimate of drug-likeness (QED) is 0.0246. The summed E-state index contributed by atoms with van der Waals surface area (Å²) in [6.45, 7) is 17.3. The van der Waals surface area contributed by atoms with Gasteiger partial charge in [0.1, 0.15) is 0 Å². The molecule has 542 valence electrons. The van der Waals surface area contributed by atoms with E-state index < -0.39 is 0 Å². The molecule has 8 rings (SSSR count). The van der Waals surface area contributed by atoms with Gasteiger partial charge in [-0.25, -0.2) is 0 Å². The Balaban J connectivity index is -0.000000534. The summed E-state index contributed by atoms with van der Waals surface area (Å²) in [6, 6.07) is 43.8. The van der Waals surface area contributed by atoms with Crippen LogP contribution in [0.15, 0.2) is 175 Å². The normalized spacial score (nSPS) is 10.2. The Hall–Kier alpha value is -7.88. The van der Waals surface area contributed by atoms with Gasteiger partial charge >= 0.3 is 0 Å². The summed E-state index contributed by atoms with van der Waals surface area (Å²) >= 11 is 0. The van der Waals surface area contributed by atoms with Gasteiger partial charge in [-0.15, -0.1) is 112 Å². The second-order valence-corrected chi connectivity index (χ2v) is 20.5. The first-order valence-corrected chi connectivity index (χ1v) is 29.1. The molecule has 24 heteroatoms. The zero-order chi connectivity index (χ0) is 71.6. The van der Waals surface area contributed by atoms with Crippen LogP contribution in [0.25, 0.3) is 45.0 Å². The van der Waals surface area contributed by atoms with Gasteiger partial charge in [0, 0.05) is 160 Å². The third-order valence-electron chi connectivity index (χ3n) is 11.7. The van der Waals surface area contributed by atoms with E-state index >= 15 is 0 Å². The van der Waals surface area contributed by atoms with E-state index in [1.54, 1.807) is 94.6 Å². The Kier molecular flexibility index (Phi) is 54.1. The minimum absolute atomic E-state index is 0. The number of ether oxygens (including phenoxy) is 3. The molecular formula is C75H86Ir4N4O16-4. The van der Waals surface area contributed by atoms with Crippen molar-refractivity contribution in [1.29, 1.82) is 0 Å². The number of rotatable bonds is 16. The van der Waals surface area contributed by atoms with E-state index in [0.717, 1.165) is 101 Å². The molecular weight excluding hydrogens is 1980 g/mol. The summed E-state index contributed by atoms with van der Waals surface area (Å²) in [5.74, 6) is 1.98. The van der Waals surface area contributed by atoms with Crippen molar-refractivity contribution in [2.75, 3.05) is 21.3 Å². The molecule has 0 saturated heterocycles. The monoisotopic (exact) mass is 2070 g/mol. The number of aromatic nitrogens is 4. The zero-order valence-electron chi connectivity index (χ0n) is 57.5. The van der Waals surface area contributed by atoms with E-state index in [4.69, 9.17) is 50.0 Å². The maximum absolute atomic E-state index is 10.0. The molecule has 20 nitrogen and oxygen atoms in total. The third kappa shape index (κ3) is 42.0. The van der Waals surface area contributed by atoms with Crippen LogP contribution in [0.3, 0.4) is 0 Å². The van der Waals surface area contributed by atoms with Crippen LogP contribution >= 0.6 is 0 Å². The number of carbonyl (C=O) groups excluding carboxylic acids is 4. The smallest absolute Gasteiger partial charge is 0.155 e. The summed E-state index contributed by atoms with van der Waals surface area (Å²) in [7, 11) is 4.84. The maximum Gasteiger partial charge on any atom is 0.155 e. The van der Waals surface area contributed by atoms with Crippen LogP contribution in [0.1, 0.15) is 99.9 Å². The number of hydrogen-bond donors (Lipinski definition) is 9. The predicted octanol–water partition coefficient (Wildman–Crippen LogP) is 12.7. The Morgan fingerprint density at radius 3 is 1.04 bits per heavy atom. The molecule has 0 unspecified atom stereocenters. The average molecular weight is 2070 g/mol. The molecule has 0 bridgehead atoms. The molecule has 4 aromatic carbocycles. The number of allylic oxidation sites excluding steroid dienone is 8. The molecule has 0 aliphatic rings. The number of hydrogen-bond acceptors (Lipinski definition) is 20. The molecule has 0 aliphatic heterocycles. The number of aryl methyl sites for hydroxylation is 3. The molecule has 4 radical (unpaired) electrons. The van der Waals surface area contributed by atoms with Crippen molar-refractivity contribution < 1.29 is 160 Å². The van der Waals surface area contributed by atoms with E-state index in [1.165, 1.54) is 79.7 Å². The van der Waals surface area contributed by atoms with Crippen molar-refractivity contribution in [3.63, 3.8) is 0 Å². The molecule has 0 spiro atoms. The first-order chi connectivity index (χ1) is 45.1. The number of carbonyl (C=O) groups is 4. The number of pyridine rings is 4. The molecule has 0 amide bonds. The number of aliphatic hydroxyl groups is 9. The number of methoxy groups -OCH3 is 3. The molecule has 0 fully saturated rings. The van der Waals surface area contributed by atoms with E-state index in [1.807, 2.05) is 75.4 Å². The first-order valence-electron chi connectivity index (χ1n) is 29.1. The van der Waals surface area contributed by atoms with Gasteiger partial charge in [-0.1, -0.05) is 55.3 Å². The Morgan fingerprint density at radius 1 is 0.374 bits per heavy atom. The molecule has 4 aromatic heterocycles. The van der Waals surface area contributed by atoms with Crippen molar-refractivity contribution in [2.24, 2.45) is 0 Å². The van der Waals surface area contributed by atoms with Crippen LogP contribution in [0.5, 0.6) is 17.2 Å². The molecule has 0 atom stereocenters. The van der Waals surface area contributed by atoms with Crippen molar-refractivity contribution in [3.8, 4) is 62.3 Å². The second kappa shape index (κ2) is 55.0. The number of nitrogens with zero attached hydrogens (tertiary/aromatic N) is 4. The van der Waals surface area contributed by atoms with Crippen molar-refractivity contribution in [2.45, 2.75) is 109 Å². The Bertz CT molecular complexity index is 3720. The van der Waals surface area contributed by atoms with Gasteiger partial charge in [0.2, 0.25) is 0 Å². The summed E-state index contributed by atoms with van der Waals surface area (Å²) < 4.78 is 15.3. The maximum atomic E-state index is 10.0. The van der Waals surface area contributed by atoms with Crippen LogP contribution in [-0.4, -0.2) is 110 Å². The van der Waals surface area contributed by atoms with Gasteiger partial charge in [0.05, 0.1) is 64.2 Å². The third-order valence-corrected chi connectivity index (χ3v) is 11.7. The topological polar surface area (TPSA) is 330 Å². The fourth-order valence-electron chi connectivity index (χ4n) is 7.70. The summed E-state index contributed by atoms with van der Waals surface area (Å²) in [5.41, 5.74) is 13.9. The summed E-state index contributed by atoms with van der Waals surface area (Å²) in [5, 5.41) is 79.4. The van der Waals surface area contributed by atoms with Gasteiger partial charge in [-0.2, -0.15) is 0 Å². The van der Waals surface area contributed by atoms with Crippen LogP contribution in [0.4, 0.5) is 0 Å². The van der Waals surface area contributed by atoms with Gasteiger partial charge in [-0.05, 0) is 126 Å². The van der Waals surface area contributed by atoms with Crippen molar-refractivity contribution in [1.82, 2.24) is 19.9 Å². The molecule has 99 heavy (non-hydrogen) atoms. The van der Waals surface area contributed by atoms with Crippen molar-refractivity contribution in [3.05, 3.63) is 244 Å². The molecule has 4 heterocycles. The van der Waals surface area contributed by atoms with Crippen LogP contribution in [-0.2, 0) is 133 Å². The summed E-state index contributed by atoms with van der Waals surface area (Å²) in [6.07, 6.45) is 11.4. The summed E-state index contributed by atoms with van der Waals surface area (Å²) in [4.78, 5) is 57.1. The fraction of sp³-hybridized carbons (Fsp3) is 0.253. The standard InChI is InChI=1S/3C14H14NO2.C13H12NO2.4C5H8O2.4Ir/c1-10-7-12(17-2)3-4-13(10)14-8-11(9-16)5-6-15-14;1-10-5-6-15-14(7-10)13-4-3-12(17-2)8-11(13)9-16;1-10-2-3-13(12(6-10)9-17)14-7-11(8-16)4-5-15-14;1-16-12-4-2-11(3-5-12)13-8-10(9-15)6-7-14-13;4*1-4(6)3-5(2)7;;;;/h2*3,5-8,16H,9H2,1-2H3;2,4-7,16-17H,8-9H2,1H3;2,4-8,15H,9H2,1H3;4*3,6H,1-2H3;;;;/q4*-1;;;;;;;;. The minimum atomic E-state index is -0.125. The van der Waals surface area contributed by atoms with E-state index in [0.29, 0.717) is 5.75 Å². The number of ketones is 4. The van der Waals surface area contributed by atoms with Crippen LogP contribution in [0, 0.1) is 45.0 Å². The second-order valence-electron chi connectivity index (χ2n) is 20.5. The zero-order valence-corrected chi connectivity index (χ0v) is 67.1. The van der Waals surface area contributed by atoms with E-state index in [2.05, 4.69) is 44.2 Å². The number of benzene rings is 4. The van der Waals surface area contributed by atoms with Crippen molar-refractivity contribution >= 4 is 23.1 Å². The fourth-order valence-corrected chi connectivity index (χ4v) is 7.70. The van der Waals surface area contributed by atoms with E-state index in [9.17, 15) is 29.4 Å². The van der Waals surface area contributed by atoms with E-state index in [-0.39, 0.29) is 160 Å². The SMILES string of the molecule is CC(=O)C=C(C)O.CC(=O)C=C(C)O.CC(=O)C=C(C)O.CC(=O)C=C(C)O.COc1c[c-]c(-c2cc(C)ccn2)c(CO)c1.COc1c[c-]c(-c2cc(CO)ccn2)c(C)c1.COc1c[c-]c(-c2cc(CO)ccn2)cc1.Cc1c[c-]c(-c2cc(CO)ccn2)c(CO)c1.[Ir].[Ir].[Ir].[Ir]. The Labute approximate surface area is 634 Å². The van der Waals surface area contributed by atoms with Crippen LogP contribution in [0.2, 0.25) is 0 Å². The largest absolute Gasteiger partial charge is 0.540 e. The van der Waals surface area contributed by atoms with Gasteiger partial charge in [-0.3, -0.25) is 19.2 Å². The van der Waals surface area contributed by atoms with Gasteiger partial charge in [0.15, 0.2) is 23.1 Å². The first kappa shape index (κ1) is 97.5. The van der Waals surface area contributed by atoms with Gasteiger partial charge < -0.3 is 80.1 Å². The molecule has 8 aromatic rings. The van der Waals surface area contributed by atoms with Gasteiger partial charge in [0.25, 0.3) is 0 Å². The molecule has 0 saturated carbocycles. The van der Waals surface area contributed by atoms with Crippen LogP contribution < -0.4 is 14.2 Å². The minimum Gasteiger partial charge on any atom is -0.540 e. The molecule has 9 N–H and O–H groups in total.